The number of hydrogen-bond acceptors (Lipinski definition) is 4. The van der Waals surface area contributed by atoms with E-state index in [1.54, 1.807) is 0 Å². The highest BCUT2D eigenvalue weighted by Crippen LogP contribution is 2.18. The third-order valence-electron chi connectivity index (χ3n) is 4.56. The van der Waals surface area contributed by atoms with E-state index in [1.807, 2.05) is 0 Å². The van der Waals surface area contributed by atoms with Gasteiger partial charge in [-0.05, 0) is 80.4 Å². The average molecular weight is 495 g/mol. The Hall–Kier alpha value is 1.14. The summed E-state index contributed by atoms with van der Waals surface area (Å²) in [6.07, 6.45) is 0. The second kappa shape index (κ2) is 12.9. The lowest BCUT2D eigenvalue weighted by molar-refractivity contribution is 0.480. The zero-order chi connectivity index (χ0) is 22.2. The van der Waals surface area contributed by atoms with Crippen LogP contribution in [0.4, 0.5) is 0 Å². The summed E-state index contributed by atoms with van der Waals surface area (Å²) in [5.41, 5.74) is 0.652. The predicted molar refractivity (Wildman–Crippen MR) is 151 cm³/mol. The van der Waals surface area contributed by atoms with Crippen LogP contribution in [-0.2, 0) is 0 Å². The third-order valence-corrected chi connectivity index (χ3v) is 25.4. The van der Waals surface area contributed by atoms with Crippen LogP contribution in [0.2, 0.25) is 36.3 Å². The lowest BCUT2D eigenvalue weighted by Crippen LogP contribution is -2.74. The van der Waals surface area contributed by atoms with Gasteiger partial charge in [-0.1, -0.05) is 18.1 Å². The van der Waals surface area contributed by atoms with Crippen molar-refractivity contribution < 1.29 is 0 Å². The van der Waals surface area contributed by atoms with Gasteiger partial charge in [0.25, 0.3) is 0 Å². The Kier molecular flexibility index (Phi) is 13.4. The van der Waals surface area contributed by atoms with Gasteiger partial charge < -0.3 is 18.8 Å². The second-order valence-corrected chi connectivity index (χ2v) is 23.8. The zero-order valence-electron chi connectivity index (χ0n) is 21.4. The molecule has 170 valence electrons. The highest BCUT2D eigenvalue weighted by atomic mass is 28.4. The lowest BCUT2D eigenvalue weighted by atomic mass is 10.1. The first kappa shape index (κ1) is 29.1. The van der Waals surface area contributed by atoms with Crippen LogP contribution in [-0.4, -0.2) is 78.6 Å². The van der Waals surface area contributed by atoms with Gasteiger partial charge in [0.1, 0.15) is 0 Å². The molecular weight excluding hydrogens is 441 g/mol. The molecule has 0 radical (unpaired) electrons. The molecule has 0 aliphatic rings. The van der Waals surface area contributed by atoms with E-state index in [-0.39, 0.29) is 16.6 Å². The van der Waals surface area contributed by atoms with E-state index in [9.17, 15) is 0 Å². The first-order valence-electron chi connectivity index (χ1n) is 11.7. The van der Waals surface area contributed by atoms with E-state index in [4.69, 9.17) is 0 Å². The minimum absolute atomic E-state index is 0.217. The summed E-state index contributed by atoms with van der Waals surface area (Å²) in [4.78, 5) is 12.6. The van der Waals surface area contributed by atoms with Crippen LogP contribution in [0, 0.1) is 0 Å². The summed E-state index contributed by atoms with van der Waals surface area (Å²) in [7, 11) is 0.431. The molecule has 0 aromatic rings. The van der Waals surface area contributed by atoms with Crippen LogP contribution < -0.4 is 14.9 Å². The summed E-state index contributed by atoms with van der Waals surface area (Å²) < 4.78 is 3.22. The van der Waals surface area contributed by atoms with Crippen LogP contribution in [0.1, 0.15) is 62.3 Å². The van der Waals surface area contributed by atoms with E-state index < -0.39 is 27.4 Å². The van der Waals surface area contributed by atoms with Gasteiger partial charge in [0, 0.05) is 47.3 Å². The van der Waals surface area contributed by atoms with Gasteiger partial charge in [-0.15, -0.1) is 0 Å². The van der Waals surface area contributed by atoms with Crippen molar-refractivity contribution in [2.75, 3.05) is 0 Å². The molecular formula is C18H54N4Si6. The summed E-state index contributed by atoms with van der Waals surface area (Å²) in [6.45, 7) is 21.4. The molecule has 0 bridgehead atoms. The molecule has 10 heteroatoms. The molecule has 3 atom stereocenters. The number of nitrogens with one attached hydrogen (secondary N) is 3. The van der Waals surface area contributed by atoms with Crippen molar-refractivity contribution in [2.45, 2.75) is 115 Å². The third kappa shape index (κ3) is 13.4. The molecule has 0 aliphatic carbocycles. The van der Waals surface area contributed by atoms with Crippen molar-refractivity contribution in [2.24, 2.45) is 0 Å². The largest absolute Gasteiger partial charge is 0.339 e. The average Bonchev–Trinajstić information content (AvgIpc) is 2.43. The van der Waals surface area contributed by atoms with Gasteiger partial charge >= 0.3 is 0 Å². The fourth-order valence-electron chi connectivity index (χ4n) is 3.86. The number of hydrogen-bond donors (Lipinski definition) is 3. The van der Waals surface area contributed by atoms with Crippen molar-refractivity contribution in [3.05, 3.63) is 0 Å². The Balaban J connectivity index is 6.15. The highest BCUT2D eigenvalue weighted by molar-refractivity contribution is 6.85. The molecule has 0 fully saturated rings. The van der Waals surface area contributed by atoms with Crippen LogP contribution in [0.5, 0.6) is 0 Å². The van der Waals surface area contributed by atoms with Gasteiger partial charge in [0.2, 0.25) is 0 Å². The molecule has 0 amide bonds. The van der Waals surface area contributed by atoms with Gasteiger partial charge in [0.15, 0.2) is 27.4 Å². The molecule has 0 aromatic heterocycles. The van der Waals surface area contributed by atoms with E-state index in [2.05, 4.69) is 81.2 Å². The highest BCUT2D eigenvalue weighted by Gasteiger charge is 2.38. The van der Waals surface area contributed by atoms with Gasteiger partial charge in [-0.25, -0.2) is 0 Å². The van der Waals surface area contributed by atoms with Crippen molar-refractivity contribution in [3.63, 3.8) is 0 Å². The van der Waals surface area contributed by atoms with Crippen molar-refractivity contribution >= 4 is 58.1 Å². The first-order valence-corrected chi connectivity index (χ1v) is 21.7. The zero-order valence-corrected chi connectivity index (χ0v) is 30.9. The second-order valence-electron chi connectivity index (χ2n) is 11.5. The number of rotatable bonds is 12. The molecule has 0 aromatic carbocycles. The van der Waals surface area contributed by atoms with E-state index in [0.717, 1.165) is 0 Å². The maximum Gasteiger partial charge on any atom is 0.175 e. The fourth-order valence-corrected chi connectivity index (χ4v) is 24.4. The molecule has 0 spiro atoms. The summed E-state index contributed by atoms with van der Waals surface area (Å²) in [6, 6.07) is 8.63. The van der Waals surface area contributed by atoms with Crippen LogP contribution in [0.25, 0.3) is 0 Å². The van der Waals surface area contributed by atoms with Gasteiger partial charge in [-0.2, -0.15) is 0 Å². The Morgan fingerprint density at radius 3 is 0.893 bits per heavy atom. The monoisotopic (exact) mass is 494 g/mol. The van der Waals surface area contributed by atoms with Crippen molar-refractivity contribution in [1.29, 1.82) is 0 Å². The van der Waals surface area contributed by atoms with Crippen LogP contribution in [0.3, 0.4) is 0 Å². The molecule has 4 nitrogen and oxygen atoms in total. The lowest BCUT2D eigenvalue weighted by Gasteiger charge is -2.48. The molecule has 0 saturated carbocycles. The Labute approximate surface area is 191 Å². The smallest absolute Gasteiger partial charge is 0.175 e. The minimum Gasteiger partial charge on any atom is -0.339 e. The van der Waals surface area contributed by atoms with Crippen molar-refractivity contribution in [3.8, 4) is 0 Å². The molecule has 0 heterocycles. The van der Waals surface area contributed by atoms with Crippen LogP contribution >= 0.6 is 0 Å². The normalized spacial score (nSPS) is 17.4. The molecule has 3 unspecified atom stereocenters. The standard InChI is InChI=1S/C18H54N4Si6/c1-16(2,3)19-26(13-10-23)22(27(14-11-24)20-17(4,5)6)28(15-12-25)21-18(7,8)9/h19-21,26-28H,10-15H2,1-9,23-25H3. The quantitative estimate of drug-likeness (QED) is 0.319. The predicted octanol–water partition coefficient (Wildman–Crippen LogP) is -0.535. The minimum atomic E-state index is -1.18. The van der Waals surface area contributed by atoms with Gasteiger partial charge in [0.05, 0.1) is 0 Å². The topological polar surface area (TPSA) is 39.3 Å². The van der Waals surface area contributed by atoms with Crippen LogP contribution in [0.15, 0.2) is 0 Å². The molecule has 0 aliphatic heterocycles. The fraction of sp³-hybridized carbons (Fsp3) is 1.00. The van der Waals surface area contributed by atoms with Crippen molar-refractivity contribution in [1.82, 2.24) is 18.8 Å². The Morgan fingerprint density at radius 1 is 0.536 bits per heavy atom. The molecule has 3 N–H and O–H groups in total. The maximum absolute atomic E-state index is 4.21. The van der Waals surface area contributed by atoms with E-state index >= 15 is 0 Å². The molecule has 28 heavy (non-hydrogen) atoms. The van der Waals surface area contributed by atoms with Gasteiger partial charge in [-0.3, -0.25) is 0 Å². The Morgan fingerprint density at radius 2 is 0.750 bits per heavy atom. The molecule has 0 rings (SSSR count). The number of nitrogens with zero attached hydrogens (tertiary/aromatic N) is 1. The Bertz CT molecular complexity index is 358. The summed E-state index contributed by atoms with van der Waals surface area (Å²) in [5.74, 6) is 0. The first-order chi connectivity index (χ1) is 12.6. The maximum atomic E-state index is 4.21. The molecule has 0 saturated heterocycles. The summed E-state index contributed by atoms with van der Waals surface area (Å²) >= 11 is 0. The van der Waals surface area contributed by atoms with E-state index in [1.165, 1.54) is 67.0 Å². The SMILES string of the molecule is CC(C)(C)N[SiH](CC[SiH3])N([SiH](CC[SiH3])NC(C)(C)C)[SiH](CC[SiH3])NC(C)(C)C. The van der Waals surface area contributed by atoms with E-state index in [0.29, 0.717) is 0 Å². The summed E-state index contributed by atoms with van der Waals surface area (Å²) in [5, 5.41) is 0.